The molecule has 0 aromatic heterocycles. The number of hydrogen-bond donors (Lipinski definition) is 1. The highest BCUT2D eigenvalue weighted by Crippen LogP contribution is 2.21. The largest absolute Gasteiger partial charge is 0.341 e. The van der Waals surface area contributed by atoms with E-state index >= 15 is 0 Å². The number of benzene rings is 1. The number of piperidine rings is 1. The van der Waals surface area contributed by atoms with E-state index in [2.05, 4.69) is 24.1 Å². The molecule has 2 aliphatic rings. The number of hydrogen-bond acceptors (Lipinski definition) is 3. The second kappa shape index (κ2) is 8.74. The third-order valence-electron chi connectivity index (χ3n) is 5.51. The summed E-state index contributed by atoms with van der Waals surface area (Å²) in [5, 5.41) is 2.96. The van der Waals surface area contributed by atoms with Gasteiger partial charge < -0.3 is 15.1 Å². The fourth-order valence-corrected chi connectivity index (χ4v) is 4.19. The standard InChI is InChI=1S/C21H32N4O2/c1-16-5-4-6-19(12-16)22-21(27)24-9-7-23(8-10-24)15-20(26)25-13-17(2)11-18(3)14-25/h4-6,12,17-18H,7-11,13-15H2,1-3H3,(H,22,27)/t17-,18-/m0/s1. The van der Waals surface area contributed by atoms with Gasteiger partial charge in [-0.25, -0.2) is 4.79 Å². The Morgan fingerprint density at radius 3 is 2.33 bits per heavy atom. The lowest BCUT2D eigenvalue weighted by Crippen LogP contribution is -2.53. The van der Waals surface area contributed by atoms with Crippen LogP contribution in [-0.4, -0.2) is 72.5 Å². The number of urea groups is 1. The molecule has 0 saturated carbocycles. The Balaban J connectivity index is 1.44. The van der Waals surface area contributed by atoms with E-state index in [1.54, 1.807) is 0 Å². The number of rotatable bonds is 3. The van der Waals surface area contributed by atoms with Crippen molar-refractivity contribution in [2.75, 3.05) is 51.1 Å². The van der Waals surface area contributed by atoms with E-state index in [0.29, 0.717) is 31.5 Å². The van der Waals surface area contributed by atoms with E-state index in [1.807, 2.05) is 41.0 Å². The molecule has 27 heavy (non-hydrogen) atoms. The molecule has 3 rings (SSSR count). The molecule has 6 heteroatoms. The minimum Gasteiger partial charge on any atom is -0.341 e. The van der Waals surface area contributed by atoms with Crippen molar-refractivity contribution in [3.63, 3.8) is 0 Å². The van der Waals surface area contributed by atoms with Gasteiger partial charge in [-0.05, 0) is 42.9 Å². The number of amides is 3. The predicted octanol–water partition coefficient (Wildman–Crippen LogP) is 2.65. The van der Waals surface area contributed by atoms with Crippen LogP contribution >= 0.6 is 0 Å². The molecule has 1 aromatic carbocycles. The highest BCUT2D eigenvalue weighted by atomic mass is 16.2. The van der Waals surface area contributed by atoms with Crippen LogP contribution in [0.5, 0.6) is 0 Å². The fourth-order valence-electron chi connectivity index (χ4n) is 4.19. The molecule has 6 nitrogen and oxygen atoms in total. The van der Waals surface area contributed by atoms with Gasteiger partial charge in [0.1, 0.15) is 0 Å². The van der Waals surface area contributed by atoms with Gasteiger partial charge in [-0.3, -0.25) is 9.69 Å². The molecule has 2 aliphatic heterocycles. The monoisotopic (exact) mass is 372 g/mol. The summed E-state index contributed by atoms with van der Waals surface area (Å²) >= 11 is 0. The highest BCUT2D eigenvalue weighted by molar-refractivity contribution is 5.89. The lowest BCUT2D eigenvalue weighted by atomic mass is 9.92. The number of nitrogens with zero attached hydrogens (tertiary/aromatic N) is 3. The van der Waals surface area contributed by atoms with Crippen LogP contribution in [0.1, 0.15) is 25.8 Å². The molecule has 3 amide bonds. The Labute approximate surface area is 162 Å². The Bertz CT molecular complexity index is 660. The Hall–Kier alpha value is -2.08. The topological polar surface area (TPSA) is 55.9 Å². The van der Waals surface area contributed by atoms with E-state index in [0.717, 1.165) is 37.4 Å². The van der Waals surface area contributed by atoms with Crippen molar-refractivity contribution < 1.29 is 9.59 Å². The summed E-state index contributed by atoms with van der Waals surface area (Å²) in [7, 11) is 0. The van der Waals surface area contributed by atoms with E-state index in [9.17, 15) is 9.59 Å². The molecule has 0 aliphatic carbocycles. The normalized spacial score (nSPS) is 24.0. The molecule has 148 valence electrons. The SMILES string of the molecule is Cc1cccc(NC(=O)N2CCN(CC(=O)N3C[C@@H](C)C[C@H](C)C3)CC2)c1. The first kappa shape index (κ1) is 19.7. The van der Waals surface area contributed by atoms with E-state index < -0.39 is 0 Å². The highest BCUT2D eigenvalue weighted by Gasteiger charge is 2.28. The van der Waals surface area contributed by atoms with Crippen LogP contribution in [-0.2, 0) is 4.79 Å². The van der Waals surface area contributed by atoms with Crippen molar-refractivity contribution in [1.82, 2.24) is 14.7 Å². The van der Waals surface area contributed by atoms with Crippen LogP contribution < -0.4 is 5.32 Å². The number of carbonyl (C=O) groups is 2. The molecule has 0 bridgehead atoms. The first-order valence-corrected chi connectivity index (χ1v) is 10.0. The quantitative estimate of drug-likeness (QED) is 0.887. The summed E-state index contributed by atoms with van der Waals surface area (Å²) < 4.78 is 0. The lowest BCUT2D eigenvalue weighted by Gasteiger charge is -2.38. The molecule has 2 fully saturated rings. The van der Waals surface area contributed by atoms with Gasteiger partial charge in [0.2, 0.25) is 5.91 Å². The molecule has 1 aromatic rings. The molecule has 0 radical (unpaired) electrons. The summed E-state index contributed by atoms with van der Waals surface area (Å²) in [5.74, 6) is 1.39. The fraction of sp³-hybridized carbons (Fsp3) is 0.619. The first-order chi connectivity index (χ1) is 12.9. The average molecular weight is 373 g/mol. The number of aryl methyl sites for hydroxylation is 1. The second-order valence-electron chi connectivity index (χ2n) is 8.31. The average Bonchev–Trinajstić information content (AvgIpc) is 2.61. The maximum absolute atomic E-state index is 12.6. The predicted molar refractivity (Wildman–Crippen MR) is 108 cm³/mol. The first-order valence-electron chi connectivity index (χ1n) is 10.0. The van der Waals surface area contributed by atoms with Crippen LogP contribution in [0.25, 0.3) is 0 Å². The van der Waals surface area contributed by atoms with Gasteiger partial charge in [0.15, 0.2) is 0 Å². The number of nitrogens with one attached hydrogen (secondary N) is 1. The van der Waals surface area contributed by atoms with E-state index in [-0.39, 0.29) is 11.9 Å². The van der Waals surface area contributed by atoms with Crippen molar-refractivity contribution in [3.8, 4) is 0 Å². The molecule has 2 saturated heterocycles. The van der Waals surface area contributed by atoms with Crippen molar-refractivity contribution in [3.05, 3.63) is 29.8 Å². The van der Waals surface area contributed by atoms with Crippen LogP contribution in [0.15, 0.2) is 24.3 Å². The van der Waals surface area contributed by atoms with Gasteiger partial charge in [0.25, 0.3) is 0 Å². The van der Waals surface area contributed by atoms with Gasteiger partial charge in [-0.15, -0.1) is 0 Å². The second-order valence-corrected chi connectivity index (χ2v) is 8.31. The summed E-state index contributed by atoms with van der Waals surface area (Å²) in [4.78, 5) is 31.1. The maximum Gasteiger partial charge on any atom is 0.321 e. The summed E-state index contributed by atoms with van der Waals surface area (Å²) in [6, 6.07) is 7.75. The van der Waals surface area contributed by atoms with Gasteiger partial charge in [-0.2, -0.15) is 0 Å². The van der Waals surface area contributed by atoms with Crippen molar-refractivity contribution in [2.45, 2.75) is 27.2 Å². The van der Waals surface area contributed by atoms with Gasteiger partial charge >= 0.3 is 6.03 Å². The molecule has 0 unspecified atom stereocenters. The smallest absolute Gasteiger partial charge is 0.321 e. The number of likely N-dealkylation sites (tertiary alicyclic amines) is 1. The minimum absolute atomic E-state index is 0.0646. The van der Waals surface area contributed by atoms with Crippen molar-refractivity contribution in [2.24, 2.45) is 11.8 Å². The summed E-state index contributed by atoms with van der Waals surface area (Å²) in [6.07, 6.45) is 1.21. The maximum atomic E-state index is 12.6. The zero-order chi connectivity index (χ0) is 19.4. The molecule has 1 N–H and O–H groups in total. The third kappa shape index (κ3) is 5.45. The van der Waals surface area contributed by atoms with Crippen LogP contribution in [0, 0.1) is 18.8 Å². The zero-order valence-electron chi connectivity index (χ0n) is 16.8. The molecule has 2 heterocycles. The number of carbonyl (C=O) groups excluding carboxylic acids is 2. The number of piperazine rings is 1. The Morgan fingerprint density at radius 1 is 1.04 bits per heavy atom. The molecular weight excluding hydrogens is 340 g/mol. The number of anilines is 1. The van der Waals surface area contributed by atoms with Crippen LogP contribution in [0.2, 0.25) is 0 Å². The van der Waals surface area contributed by atoms with Gasteiger partial charge in [-0.1, -0.05) is 26.0 Å². The zero-order valence-corrected chi connectivity index (χ0v) is 16.8. The van der Waals surface area contributed by atoms with E-state index in [1.165, 1.54) is 6.42 Å². The lowest BCUT2D eigenvalue weighted by molar-refractivity contribution is -0.135. The molecule has 0 spiro atoms. The summed E-state index contributed by atoms with van der Waals surface area (Å²) in [6.45, 7) is 11.5. The minimum atomic E-state index is -0.0646. The van der Waals surface area contributed by atoms with Crippen molar-refractivity contribution >= 4 is 17.6 Å². The molecule has 2 atom stereocenters. The Kier molecular flexibility index (Phi) is 6.37. The van der Waals surface area contributed by atoms with Crippen molar-refractivity contribution in [1.29, 1.82) is 0 Å². The van der Waals surface area contributed by atoms with Crippen LogP contribution in [0.4, 0.5) is 10.5 Å². The third-order valence-corrected chi connectivity index (χ3v) is 5.51. The van der Waals surface area contributed by atoms with E-state index in [4.69, 9.17) is 0 Å². The molecular formula is C21H32N4O2. The summed E-state index contributed by atoms with van der Waals surface area (Å²) in [5.41, 5.74) is 1.95. The Morgan fingerprint density at radius 2 is 1.70 bits per heavy atom. The van der Waals surface area contributed by atoms with Gasteiger partial charge in [0, 0.05) is 45.0 Å². The van der Waals surface area contributed by atoms with Crippen LogP contribution in [0.3, 0.4) is 0 Å². The van der Waals surface area contributed by atoms with Gasteiger partial charge in [0.05, 0.1) is 6.54 Å².